The molecule has 27 heavy (non-hydrogen) atoms. The monoisotopic (exact) mass is 374 g/mol. The number of nitrogens with one attached hydrogen (secondary N) is 2. The summed E-state index contributed by atoms with van der Waals surface area (Å²) in [5.74, 6) is -0.421. The van der Waals surface area contributed by atoms with E-state index in [0.29, 0.717) is 22.4 Å². The molecule has 0 saturated carbocycles. The SMILES string of the molecule is Cc1ccc(NC(=S)NC(=O)c2ccccc2)c(C(=O)c2ccccc2)c1. The van der Waals surface area contributed by atoms with Gasteiger partial charge in [-0.05, 0) is 43.4 Å². The third kappa shape index (κ3) is 4.65. The van der Waals surface area contributed by atoms with Gasteiger partial charge >= 0.3 is 0 Å². The van der Waals surface area contributed by atoms with Crippen LogP contribution in [-0.2, 0) is 0 Å². The Balaban J connectivity index is 1.80. The van der Waals surface area contributed by atoms with Crippen LogP contribution in [0.25, 0.3) is 0 Å². The van der Waals surface area contributed by atoms with Gasteiger partial charge in [0.25, 0.3) is 5.91 Å². The van der Waals surface area contributed by atoms with Crippen molar-refractivity contribution < 1.29 is 9.59 Å². The van der Waals surface area contributed by atoms with E-state index < -0.39 is 0 Å². The smallest absolute Gasteiger partial charge is 0.257 e. The molecule has 134 valence electrons. The summed E-state index contributed by atoms with van der Waals surface area (Å²) < 4.78 is 0. The molecule has 5 heteroatoms. The Bertz CT molecular complexity index is 986. The van der Waals surface area contributed by atoms with E-state index in [0.717, 1.165) is 5.56 Å². The number of benzene rings is 3. The zero-order valence-electron chi connectivity index (χ0n) is 14.7. The summed E-state index contributed by atoms with van der Waals surface area (Å²) in [7, 11) is 0. The molecule has 0 radical (unpaired) electrons. The fraction of sp³-hybridized carbons (Fsp3) is 0.0455. The van der Waals surface area contributed by atoms with Crippen molar-refractivity contribution in [1.29, 1.82) is 0 Å². The molecule has 0 atom stereocenters. The summed E-state index contributed by atoms with van der Waals surface area (Å²) in [6, 6.07) is 23.3. The van der Waals surface area contributed by atoms with E-state index in [9.17, 15) is 9.59 Å². The number of hydrogen-bond donors (Lipinski definition) is 2. The van der Waals surface area contributed by atoms with Crippen LogP contribution in [0.3, 0.4) is 0 Å². The molecule has 3 aromatic rings. The van der Waals surface area contributed by atoms with Crippen molar-refractivity contribution in [3.8, 4) is 0 Å². The molecule has 0 unspecified atom stereocenters. The molecule has 0 aliphatic rings. The highest BCUT2D eigenvalue weighted by atomic mass is 32.1. The minimum absolute atomic E-state index is 0.112. The van der Waals surface area contributed by atoms with Crippen molar-refractivity contribution in [1.82, 2.24) is 5.32 Å². The van der Waals surface area contributed by atoms with Crippen LogP contribution in [-0.4, -0.2) is 16.8 Å². The Morgan fingerprint density at radius 2 is 1.41 bits per heavy atom. The molecular formula is C22H18N2O2S. The van der Waals surface area contributed by atoms with Gasteiger partial charge in [0.15, 0.2) is 10.9 Å². The molecule has 3 aromatic carbocycles. The summed E-state index contributed by atoms with van der Waals surface area (Å²) in [5, 5.41) is 5.74. The first-order valence-electron chi connectivity index (χ1n) is 8.42. The lowest BCUT2D eigenvalue weighted by molar-refractivity contribution is 0.0977. The minimum Gasteiger partial charge on any atom is -0.332 e. The van der Waals surface area contributed by atoms with Gasteiger partial charge in [0.2, 0.25) is 0 Å². The molecular weight excluding hydrogens is 356 g/mol. The molecule has 0 spiro atoms. The molecule has 3 rings (SSSR count). The maximum absolute atomic E-state index is 12.9. The van der Waals surface area contributed by atoms with Crippen LogP contribution in [0.1, 0.15) is 31.8 Å². The highest BCUT2D eigenvalue weighted by Crippen LogP contribution is 2.21. The lowest BCUT2D eigenvalue weighted by atomic mass is 10.00. The summed E-state index contributed by atoms with van der Waals surface area (Å²) >= 11 is 5.25. The van der Waals surface area contributed by atoms with Gasteiger partial charge < -0.3 is 5.32 Å². The molecule has 0 fully saturated rings. The van der Waals surface area contributed by atoms with Crippen LogP contribution < -0.4 is 10.6 Å². The average Bonchev–Trinajstić information content (AvgIpc) is 2.70. The van der Waals surface area contributed by atoms with Gasteiger partial charge in [-0.25, -0.2) is 0 Å². The van der Waals surface area contributed by atoms with Crippen molar-refractivity contribution >= 4 is 34.7 Å². The Morgan fingerprint density at radius 1 is 0.815 bits per heavy atom. The number of rotatable bonds is 4. The third-order valence-corrected chi connectivity index (χ3v) is 4.17. The molecule has 0 aliphatic heterocycles. The van der Waals surface area contributed by atoms with E-state index in [1.54, 1.807) is 48.5 Å². The zero-order valence-corrected chi connectivity index (χ0v) is 15.5. The van der Waals surface area contributed by atoms with E-state index in [1.165, 1.54) is 0 Å². The minimum atomic E-state index is -0.309. The van der Waals surface area contributed by atoms with Crippen LogP contribution in [0.2, 0.25) is 0 Å². The molecule has 4 nitrogen and oxygen atoms in total. The second-order valence-electron chi connectivity index (χ2n) is 6.02. The van der Waals surface area contributed by atoms with Crippen molar-refractivity contribution in [2.75, 3.05) is 5.32 Å². The topological polar surface area (TPSA) is 58.2 Å². The summed E-state index contributed by atoms with van der Waals surface area (Å²) in [4.78, 5) is 25.1. The number of aryl methyl sites for hydroxylation is 1. The first-order valence-corrected chi connectivity index (χ1v) is 8.83. The number of amides is 1. The quantitative estimate of drug-likeness (QED) is 0.526. The van der Waals surface area contributed by atoms with E-state index in [4.69, 9.17) is 12.2 Å². The van der Waals surface area contributed by atoms with Gasteiger partial charge in [0.05, 0.1) is 5.69 Å². The predicted molar refractivity (Wildman–Crippen MR) is 111 cm³/mol. The number of hydrogen-bond acceptors (Lipinski definition) is 3. The van der Waals surface area contributed by atoms with Gasteiger partial charge in [0.1, 0.15) is 0 Å². The molecule has 2 N–H and O–H groups in total. The lowest BCUT2D eigenvalue weighted by Gasteiger charge is -2.14. The highest BCUT2D eigenvalue weighted by Gasteiger charge is 2.15. The number of carbonyl (C=O) groups is 2. The van der Waals surface area contributed by atoms with Crippen molar-refractivity contribution in [3.05, 3.63) is 101 Å². The van der Waals surface area contributed by atoms with E-state index in [1.807, 2.05) is 37.3 Å². The van der Waals surface area contributed by atoms with E-state index in [2.05, 4.69) is 10.6 Å². The van der Waals surface area contributed by atoms with Crippen molar-refractivity contribution in [2.24, 2.45) is 0 Å². The maximum Gasteiger partial charge on any atom is 0.257 e. The molecule has 0 saturated heterocycles. The Morgan fingerprint density at radius 3 is 2.04 bits per heavy atom. The van der Waals surface area contributed by atoms with Gasteiger partial charge in [0, 0.05) is 16.7 Å². The molecule has 0 aliphatic carbocycles. The predicted octanol–water partition coefficient (Wildman–Crippen LogP) is 4.35. The third-order valence-electron chi connectivity index (χ3n) is 3.97. The van der Waals surface area contributed by atoms with Gasteiger partial charge in [-0.1, -0.05) is 60.2 Å². The fourth-order valence-electron chi connectivity index (χ4n) is 2.62. The number of anilines is 1. The summed E-state index contributed by atoms with van der Waals surface area (Å²) in [6.07, 6.45) is 0. The average molecular weight is 374 g/mol. The van der Waals surface area contributed by atoms with E-state index in [-0.39, 0.29) is 16.8 Å². The van der Waals surface area contributed by atoms with Gasteiger partial charge in [-0.15, -0.1) is 0 Å². The van der Waals surface area contributed by atoms with E-state index >= 15 is 0 Å². The molecule has 0 bridgehead atoms. The standard InChI is InChI=1S/C22H18N2O2S/c1-15-12-13-19(18(14-15)20(25)16-8-4-2-5-9-16)23-22(27)24-21(26)17-10-6-3-7-11-17/h2-14H,1H3,(H2,23,24,26,27). The van der Waals surface area contributed by atoms with Crippen LogP contribution in [0.15, 0.2) is 78.9 Å². The van der Waals surface area contributed by atoms with Crippen molar-refractivity contribution in [3.63, 3.8) is 0 Å². The van der Waals surface area contributed by atoms with Crippen molar-refractivity contribution in [2.45, 2.75) is 6.92 Å². The first kappa shape index (κ1) is 18.5. The first-order chi connectivity index (χ1) is 13.0. The van der Waals surface area contributed by atoms with Crippen LogP contribution in [0, 0.1) is 6.92 Å². The number of thiocarbonyl (C=S) groups is 1. The lowest BCUT2D eigenvalue weighted by Crippen LogP contribution is -2.34. The molecule has 0 aromatic heterocycles. The Labute approximate surface area is 163 Å². The normalized spacial score (nSPS) is 10.1. The zero-order chi connectivity index (χ0) is 19.2. The summed E-state index contributed by atoms with van der Waals surface area (Å²) in [6.45, 7) is 1.92. The van der Waals surface area contributed by atoms with Crippen LogP contribution in [0.5, 0.6) is 0 Å². The highest BCUT2D eigenvalue weighted by molar-refractivity contribution is 7.80. The van der Waals surface area contributed by atoms with Gasteiger partial charge in [-0.3, -0.25) is 14.9 Å². The largest absolute Gasteiger partial charge is 0.332 e. The number of ketones is 1. The van der Waals surface area contributed by atoms with Crippen LogP contribution >= 0.6 is 12.2 Å². The fourth-order valence-corrected chi connectivity index (χ4v) is 2.82. The Hall–Kier alpha value is -3.31. The second kappa shape index (κ2) is 8.38. The summed E-state index contributed by atoms with van der Waals surface area (Å²) in [5.41, 5.74) is 3.10. The maximum atomic E-state index is 12.9. The molecule has 1 amide bonds. The number of carbonyl (C=O) groups excluding carboxylic acids is 2. The molecule has 0 heterocycles. The van der Waals surface area contributed by atoms with Gasteiger partial charge in [-0.2, -0.15) is 0 Å². The van der Waals surface area contributed by atoms with Crippen LogP contribution in [0.4, 0.5) is 5.69 Å². The Kier molecular flexibility index (Phi) is 5.74. The second-order valence-corrected chi connectivity index (χ2v) is 6.43.